The first-order chi connectivity index (χ1) is 24.7. The second kappa shape index (κ2) is 36.1. The third-order valence-corrected chi connectivity index (χ3v) is 8.55. The van der Waals surface area contributed by atoms with Crippen molar-refractivity contribution in [2.24, 2.45) is 0 Å². The van der Waals surface area contributed by atoms with Crippen LogP contribution in [0.3, 0.4) is 0 Å². The smallest absolute Gasteiger partial charge is 0.462 e. The average molecular weight is 739 g/mol. The van der Waals surface area contributed by atoms with Crippen molar-refractivity contribution >= 4 is 19.8 Å². The van der Waals surface area contributed by atoms with Crippen LogP contribution in [0.15, 0.2) is 60.8 Å². The lowest BCUT2D eigenvalue weighted by atomic mass is 10.1. The Balaban J connectivity index is 4.08. The third-order valence-electron chi connectivity index (χ3n) is 8.06. The Morgan fingerprint density at radius 3 is 1.67 bits per heavy atom. The Bertz CT molecular complexity index is 1030. The van der Waals surface area contributed by atoms with Crippen molar-refractivity contribution in [2.75, 3.05) is 13.2 Å². The summed E-state index contributed by atoms with van der Waals surface area (Å²) in [5.74, 6) is -0.980. The zero-order valence-electron chi connectivity index (χ0n) is 31.8. The van der Waals surface area contributed by atoms with Crippen molar-refractivity contribution in [3.8, 4) is 0 Å². The summed E-state index contributed by atoms with van der Waals surface area (Å²) in [5.41, 5.74) is 0. The SMILES string of the molecule is CCCCCC/C=C\CCCCCCCCCC(=O)O[C@H](COC(=O)CCC/C=C\C/C=C\C/C=C\C/C=C\CC(O)CCC)COP(=O)(O)O. The molecule has 294 valence electrons. The van der Waals surface area contributed by atoms with E-state index in [1.807, 2.05) is 18.2 Å². The fourth-order valence-corrected chi connectivity index (χ4v) is 5.50. The predicted molar refractivity (Wildman–Crippen MR) is 208 cm³/mol. The standard InChI is InChI=1S/C41H71O9P/c1-3-5-6-7-8-9-10-11-12-15-19-22-25-28-31-35-41(44)50-39(37-49-51(45,46)47)36-48-40(43)34-30-27-24-21-18-16-13-14-17-20-23-26-29-33-38(42)32-4-2/h9-10,13,16-17,20-21,24,26,29,38-39,42H,3-8,11-12,14-15,18-19,22-23,25,27-28,30-37H2,1-2H3,(H2,45,46,47)/b10-9-,16-13-,20-17-,24-21-,29-26-/t38?,39-/m1/s1. The highest BCUT2D eigenvalue weighted by molar-refractivity contribution is 7.46. The van der Waals surface area contributed by atoms with Gasteiger partial charge in [0, 0.05) is 12.8 Å². The minimum Gasteiger partial charge on any atom is -0.462 e. The van der Waals surface area contributed by atoms with Crippen LogP contribution >= 0.6 is 7.82 Å². The molecule has 10 heteroatoms. The summed E-state index contributed by atoms with van der Waals surface area (Å²) in [6.45, 7) is 3.41. The minimum atomic E-state index is -4.77. The molecule has 1 unspecified atom stereocenters. The molecule has 0 spiro atoms. The Kier molecular flexibility index (Phi) is 34.5. The molecule has 0 heterocycles. The first-order valence-corrected chi connectivity index (χ1v) is 21.2. The van der Waals surface area contributed by atoms with Crippen LogP contribution in [0.25, 0.3) is 0 Å². The van der Waals surface area contributed by atoms with E-state index in [2.05, 4.69) is 60.9 Å². The number of allylic oxidation sites excluding steroid dienone is 9. The molecule has 0 aliphatic carbocycles. The minimum absolute atomic E-state index is 0.173. The van der Waals surface area contributed by atoms with Gasteiger partial charge in [0.1, 0.15) is 6.61 Å². The predicted octanol–water partition coefficient (Wildman–Crippen LogP) is 10.7. The Morgan fingerprint density at radius 2 is 1.08 bits per heavy atom. The molecular formula is C41H71O9P. The molecule has 0 aromatic rings. The van der Waals surface area contributed by atoms with Crippen LogP contribution in [0.1, 0.15) is 162 Å². The normalized spacial score (nSPS) is 13.7. The van der Waals surface area contributed by atoms with Crippen LogP contribution in [-0.2, 0) is 28.2 Å². The van der Waals surface area contributed by atoms with Gasteiger partial charge >= 0.3 is 19.8 Å². The fraction of sp³-hybridized carbons (Fsp3) is 0.707. The molecule has 0 fully saturated rings. The van der Waals surface area contributed by atoms with E-state index in [0.29, 0.717) is 25.7 Å². The van der Waals surface area contributed by atoms with Gasteiger partial charge in [-0.05, 0) is 77.0 Å². The summed E-state index contributed by atoms with van der Waals surface area (Å²) in [6.07, 6.45) is 41.5. The topological polar surface area (TPSA) is 140 Å². The van der Waals surface area contributed by atoms with Crippen molar-refractivity contribution in [3.05, 3.63) is 60.8 Å². The zero-order valence-corrected chi connectivity index (χ0v) is 32.7. The number of phosphoric acid groups is 1. The lowest BCUT2D eigenvalue weighted by Gasteiger charge is -2.18. The summed E-state index contributed by atoms with van der Waals surface area (Å²) in [4.78, 5) is 42.7. The molecule has 0 radical (unpaired) electrons. The van der Waals surface area contributed by atoms with E-state index in [9.17, 15) is 19.3 Å². The van der Waals surface area contributed by atoms with Crippen LogP contribution in [0.2, 0.25) is 0 Å². The Labute approximate surface area is 309 Å². The number of hydrogen-bond donors (Lipinski definition) is 3. The van der Waals surface area contributed by atoms with Gasteiger partial charge in [0.05, 0.1) is 12.7 Å². The number of aliphatic hydroxyl groups excluding tert-OH is 1. The number of phosphoric ester groups is 1. The molecule has 0 rings (SSSR count). The number of carbonyl (C=O) groups is 2. The third kappa shape index (κ3) is 38.8. The van der Waals surface area contributed by atoms with Crippen LogP contribution in [0, 0.1) is 0 Å². The van der Waals surface area contributed by atoms with Crippen LogP contribution in [0.5, 0.6) is 0 Å². The van der Waals surface area contributed by atoms with Crippen molar-refractivity contribution in [1.29, 1.82) is 0 Å². The van der Waals surface area contributed by atoms with E-state index in [1.54, 1.807) is 0 Å². The van der Waals surface area contributed by atoms with Gasteiger partial charge < -0.3 is 24.4 Å². The van der Waals surface area contributed by atoms with Crippen molar-refractivity contribution in [2.45, 2.75) is 174 Å². The maximum atomic E-state index is 12.4. The van der Waals surface area contributed by atoms with Gasteiger partial charge in [-0.15, -0.1) is 0 Å². The summed E-state index contributed by atoms with van der Waals surface area (Å²) in [6, 6.07) is 0. The number of aliphatic hydroxyl groups is 1. The molecule has 0 aromatic carbocycles. The van der Waals surface area contributed by atoms with E-state index < -0.39 is 32.5 Å². The highest BCUT2D eigenvalue weighted by Crippen LogP contribution is 2.36. The van der Waals surface area contributed by atoms with E-state index >= 15 is 0 Å². The highest BCUT2D eigenvalue weighted by atomic mass is 31.2. The molecule has 0 aromatic heterocycles. The number of rotatable bonds is 35. The maximum Gasteiger partial charge on any atom is 0.469 e. The highest BCUT2D eigenvalue weighted by Gasteiger charge is 2.22. The maximum absolute atomic E-state index is 12.4. The lowest BCUT2D eigenvalue weighted by Crippen LogP contribution is -2.29. The van der Waals surface area contributed by atoms with Gasteiger partial charge in [-0.2, -0.15) is 0 Å². The van der Waals surface area contributed by atoms with Gasteiger partial charge in [-0.3, -0.25) is 14.1 Å². The van der Waals surface area contributed by atoms with Crippen LogP contribution in [0.4, 0.5) is 0 Å². The van der Waals surface area contributed by atoms with Crippen molar-refractivity contribution < 1.29 is 43.0 Å². The van der Waals surface area contributed by atoms with Crippen LogP contribution < -0.4 is 0 Å². The summed E-state index contributed by atoms with van der Waals surface area (Å²) in [5, 5.41) is 9.70. The van der Waals surface area contributed by atoms with Crippen molar-refractivity contribution in [1.82, 2.24) is 0 Å². The molecule has 3 N–H and O–H groups in total. The number of unbranched alkanes of at least 4 members (excludes halogenated alkanes) is 12. The van der Waals surface area contributed by atoms with Gasteiger partial charge in [0.2, 0.25) is 0 Å². The van der Waals surface area contributed by atoms with Gasteiger partial charge in [0.25, 0.3) is 0 Å². The average Bonchev–Trinajstić information content (AvgIpc) is 3.09. The molecule has 0 aliphatic rings. The number of esters is 2. The molecule has 51 heavy (non-hydrogen) atoms. The monoisotopic (exact) mass is 738 g/mol. The molecule has 9 nitrogen and oxygen atoms in total. The van der Waals surface area contributed by atoms with Gasteiger partial charge in [-0.25, -0.2) is 4.57 Å². The zero-order chi connectivity index (χ0) is 37.7. The van der Waals surface area contributed by atoms with E-state index in [1.165, 1.54) is 51.4 Å². The van der Waals surface area contributed by atoms with Gasteiger partial charge in [0.15, 0.2) is 6.10 Å². The number of ether oxygens (including phenoxy) is 2. The Hall–Kier alpha value is -2.29. The summed E-state index contributed by atoms with van der Waals surface area (Å²) < 4.78 is 26.3. The second-order valence-electron chi connectivity index (χ2n) is 13.1. The largest absolute Gasteiger partial charge is 0.469 e. The van der Waals surface area contributed by atoms with Crippen LogP contribution in [-0.4, -0.2) is 52.3 Å². The first-order valence-electron chi connectivity index (χ1n) is 19.7. The van der Waals surface area contributed by atoms with E-state index in [-0.39, 0.29) is 25.6 Å². The van der Waals surface area contributed by atoms with E-state index in [4.69, 9.17) is 19.3 Å². The molecule has 0 bridgehead atoms. The van der Waals surface area contributed by atoms with Gasteiger partial charge in [-0.1, -0.05) is 132 Å². The summed E-state index contributed by atoms with van der Waals surface area (Å²) in [7, 11) is -4.77. The van der Waals surface area contributed by atoms with E-state index in [0.717, 1.165) is 57.8 Å². The number of hydrogen-bond acceptors (Lipinski definition) is 7. The molecule has 0 saturated heterocycles. The number of carbonyl (C=O) groups excluding carboxylic acids is 2. The lowest BCUT2D eigenvalue weighted by molar-refractivity contribution is -0.161. The quantitative estimate of drug-likeness (QED) is 0.0251. The first kappa shape index (κ1) is 48.7. The molecule has 0 amide bonds. The van der Waals surface area contributed by atoms with Crippen molar-refractivity contribution in [3.63, 3.8) is 0 Å². The molecular weight excluding hydrogens is 667 g/mol. The molecule has 2 atom stereocenters. The molecule has 0 saturated carbocycles. The Morgan fingerprint density at radius 1 is 0.588 bits per heavy atom. The second-order valence-corrected chi connectivity index (χ2v) is 14.3. The summed E-state index contributed by atoms with van der Waals surface area (Å²) >= 11 is 0. The molecule has 0 aliphatic heterocycles. The fourth-order valence-electron chi connectivity index (χ4n) is 5.14.